The Kier molecular flexibility index (Phi) is 3.20. The second kappa shape index (κ2) is 4.04. The van der Waals surface area contributed by atoms with Crippen LogP contribution in [0.2, 0.25) is 0 Å². The first kappa shape index (κ1) is 11.1. The number of sulfone groups is 1. The zero-order valence-electron chi connectivity index (χ0n) is 7.22. The summed E-state index contributed by atoms with van der Waals surface area (Å²) < 4.78 is 35.3. The number of halogens is 1. The summed E-state index contributed by atoms with van der Waals surface area (Å²) in [5, 5.41) is 9.10. The van der Waals surface area contributed by atoms with E-state index in [9.17, 15) is 12.8 Å². The minimum absolute atomic E-state index is 0.142. The van der Waals surface area contributed by atoms with Gasteiger partial charge in [-0.15, -0.1) is 0 Å². The van der Waals surface area contributed by atoms with Crippen LogP contribution in [0.5, 0.6) is 0 Å². The van der Waals surface area contributed by atoms with E-state index in [1.54, 1.807) is 0 Å². The third-order valence-corrected chi connectivity index (χ3v) is 3.54. The van der Waals surface area contributed by atoms with Gasteiger partial charge in [-0.2, -0.15) is 0 Å². The van der Waals surface area contributed by atoms with Gasteiger partial charge in [0.25, 0.3) is 0 Å². The molecule has 0 spiro atoms. The molecule has 0 aliphatic rings. The minimum atomic E-state index is -3.84. The molecule has 0 saturated carbocycles. The summed E-state index contributed by atoms with van der Waals surface area (Å²) in [5.74, 6) is -0.536. The van der Waals surface area contributed by atoms with E-state index in [2.05, 4.69) is 0 Å². The summed E-state index contributed by atoms with van der Waals surface area (Å²) in [6.45, 7) is -0.389. The number of benzene rings is 1. The second-order valence-electron chi connectivity index (χ2n) is 2.69. The maximum atomic E-state index is 12.5. The molecule has 0 aliphatic heterocycles. The van der Waals surface area contributed by atoms with Crippen molar-refractivity contribution >= 4 is 9.84 Å². The summed E-state index contributed by atoms with van der Waals surface area (Å²) in [7, 11) is -3.84. The van der Waals surface area contributed by atoms with Crippen molar-refractivity contribution < 1.29 is 17.9 Å². The van der Waals surface area contributed by atoms with Gasteiger partial charge in [0, 0.05) is 6.54 Å². The van der Waals surface area contributed by atoms with E-state index in [0.29, 0.717) is 0 Å². The normalized spacial score (nSPS) is 13.9. The lowest BCUT2D eigenvalue weighted by molar-refractivity contribution is 0.256. The van der Waals surface area contributed by atoms with Crippen LogP contribution >= 0.6 is 0 Å². The van der Waals surface area contributed by atoms with Crippen LogP contribution in [-0.2, 0) is 9.84 Å². The van der Waals surface area contributed by atoms with Crippen molar-refractivity contribution in [2.24, 2.45) is 5.73 Å². The zero-order valence-corrected chi connectivity index (χ0v) is 8.04. The van der Waals surface area contributed by atoms with Crippen LogP contribution in [0.25, 0.3) is 0 Å². The van der Waals surface area contributed by atoms with E-state index in [1.807, 2.05) is 0 Å². The lowest BCUT2D eigenvalue weighted by atomic mass is 10.4. The smallest absolute Gasteiger partial charge is 0.206 e. The van der Waals surface area contributed by atoms with Gasteiger partial charge in [0.1, 0.15) is 5.82 Å². The molecule has 1 unspecified atom stereocenters. The van der Waals surface area contributed by atoms with Gasteiger partial charge in [-0.1, -0.05) is 0 Å². The number of aliphatic hydroxyl groups excluding tert-OH is 1. The van der Waals surface area contributed by atoms with Crippen molar-refractivity contribution in [3.63, 3.8) is 0 Å². The predicted molar refractivity (Wildman–Crippen MR) is 48.6 cm³/mol. The van der Waals surface area contributed by atoms with Crippen molar-refractivity contribution in [3.8, 4) is 0 Å². The summed E-state index contributed by atoms with van der Waals surface area (Å²) in [5.41, 5.74) is 3.38. The molecule has 0 saturated heterocycles. The van der Waals surface area contributed by atoms with Crippen LogP contribution in [0, 0.1) is 5.82 Å². The Morgan fingerprint density at radius 2 is 1.86 bits per heavy atom. The molecule has 0 aromatic heterocycles. The van der Waals surface area contributed by atoms with E-state index < -0.39 is 21.1 Å². The molecule has 1 aromatic carbocycles. The van der Waals surface area contributed by atoms with Crippen molar-refractivity contribution in [2.45, 2.75) is 10.3 Å². The van der Waals surface area contributed by atoms with Crippen LogP contribution in [0.4, 0.5) is 4.39 Å². The molecule has 6 heteroatoms. The highest BCUT2D eigenvalue weighted by Crippen LogP contribution is 2.14. The molecule has 0 radical (unpaired) electrons. The fraction of sp³-hybridized carbons (Fsp3) is 0.250. The van der Waals surface area contributed by atoms with Crippen LogP contribution in [-0.4, -0.2) is 25.5 Å². The predicted octanol–water partition coefficient (Wildman–Crippen LogP) is -0.124. The van der Waals surface area contributed by atoms with Crippen molar-refractivity contribution in [1.29, 1.82) is 0 Å². The first-order valence-corrected chi connectivity index (χ1v) is 5.40. The molecule has 0 heterocycles. The first-order valence-electron chi connectivity index (χ1n) is 3.86. The fourth-order valence-corrected chi connectivity index (χ4v) is 1.99. The summed E-state index contributed by atoms with van der Waals surface area (Å²) in [6, 6.07) is 4.19. The standard InChI is InChI=1S/C8H10FNO3S/c9-6-1-3-7(4-2-6)14(12,13)8(11)5-10/h1-4,8,11H,5,10H2. The Hall–Kier alpha value is -0.980. The minimum Gasteiger partial charge on any atom is -0.376 e. The average Bonchev–Trinajstić information content (AvgIpc) is 2.17. The van der Waals surface area contributed by atoms with E-state index in [1.165, 1.54) is 0 Å². The molecule has 14 heavy (non-hydrogen) atoms. The highest BCUT2D eigenvalue weighted by molar-refractivity contribution is 7.91. The molecule has 0 bridgehead atoms. The van der Waals surface area contributed by atoms with Gasteiger partial charge < -0.3 is 10.8 Å². The van der Waals surface area contributed by atoms with Gasteiger partial charge in [0.2, 0.25) is 9.84 Å². The van der Waals surface area contributed by atoms with E-state index in [4.69, 9.17) is 10.8 Å². The molecule has 1 aromatic rings. The molecule has 0 amide bonds. The number of nitrogens with two attached hydrogens (primary N) is 1. The molecule has 0 fully saturated rings. The maximum Gasteiger partial charge on any atom is 0.206 e. The molecule has 3 N–H and O–H groups in total. The van der Waals surface area contributed by atoms with Gasteiger partial charge in [-0.25, -0.2) is 12.8 Å². The second-order valence-corrected chi connectivity index (χ2v) is 4.79. The lowest BCUT2D eigenvalue weighted by Gasteiger charge is -2.08. The van der Waals surface area contributed by atoms with E-state index in [-0.39, 0.29) is 11.4 Å². The molecule has 1 rings (SSSR count). The summed E-state index contributed by atoms with van der Waals surface area (Å²) in [6.07, 6.45) is 0. The first-order chi connectivity index (χ1) is 6.48. The van der Waals surface area contributed by atoms with Crippen LogP contribution in [0.1, 0.15) is 0 Å². The highest BCUT2D eigenvalue weighted by Gasteiger charge is 2.23. The van der Waals surface area contributed by atoms with E-state index in [0.717, 1.165) is 24.3 Å². The number of hydrogen-bond donors (Lipinski definition) is 2. The molecule has 78 valence electrons. The third-order valence-electron chi connectivity index (χ3n) is 1.70. The Balaban J connectivity index is 3.11. The largest absolute Gasteiger partial charge is 0.376 e. The fourth-order valence-electron chi connectivity index (χ4n) is 0.908. The maximum absolute atomic E-state index is 12.5. The van der Waals surface area contributed by atoms with Crippen molar-refractivity contribution in [3.05, 3.63) is 30.1 Å². The summed E-state index contributed by atoms with van der Waals surface area (Å²) in [4.78, 5) is -0.142. The summed E-state index contributed by atoms with van der Waals surface area (Å²) >= 11 is 0. The third kappa shape index (κ3) is 2.09. The average molecular weight is 219 g/mol. The number of rotatable bonds is 3. The van der Waals surface area contributed by atoms with Crippen LogP contribution in [0.15, 0.2) is 29.2 Å². The van der Waals surface area contributed by atoms with Gasteiger partial charge in [-0.05, 0) is 24.3 Å². The SMILES string of the molecule is NCC(O)S(=O)(=O)c1ccc(F)cc1. The molecule has 4 nitrogen and oxygen atoms in total. The topological polar surface area (TPSA) is 80.4 Å². The Morgan fingerprint density at radius 1 is 1.36 bits per heavy atom. The zero-order chi connectivity index (χ0) is 10.8. The van der Waals surface area contributed by atoms with Gasteiger partial charge >= 0.3 is 0 Å². The quantitative estimate of drug-likeness (QED) is 0.694. The van der Waals surface area contributed by atoms with Crippen molar-refractivity contribution in [2.75, 3.05) is 6.54 Å². The molecule has 0 aliphatic carbocycles. The lowest BCUT2D eigenvalue weighted by Crippen LogP contribution is -2.29. The van der Waals surface area contributed by atoms with Crippen LogP contribution < -0.4 is 5.73 Å². The molecule has 1 atom stereocenters. The number of hydrogen-bond acceptors (Lipinski definition) is 4. The van der Waals surface area contributed by atoms with Crippen LogP contribution in [0.3, 0.4) is 0 Å². The van der Waals surface area contributed by atoms with E-state index >= 15 is 0 Å². The number of aliphatic hydroxyl groups is 1. The molecular weight excluding hydrogens is 209 g/mol. The Morgan fingerprint density at radius 3 is 2.29 bits per heavy atom. The highest BCUT2D eigenvalue weighted by atomic mass is 32.2. The molecular formula is C8H10FNO3S. The van der Waals surface area contributed by atoms with Crippen molar-refractivity contribution in [1.82, 2.24) is 0 Å². The van der Waals surface area contributed by atoms with Gasteiger partial charge in [0.15, 0.2) is 5.44 Å². The van der Waals surface area contributed by atoms with Gasteiger partial charge in [-0.3, -0.25) is 0 Å². The Bertz CT molecular complexity index is 401. The monoisotopic (exact) mass is 219 g/mol. The van der Waals surface area contributed by atoms with Gasteiger partial charge in [0.05, 0.1) is 4.90 Å². The Labute approximate surface area is 81.1 Å².